The third-order valence-corrected chi connectivity index (χ3v) is 4.87. The maximum atomic E-state index is 6.00. The van der Waals surface area contributed by atoms with Crippen LogP contribution >= 0.6 is 0 Å². The van der Waals surface area contributed by atoms with Crippen LogP contribution in [0.2, 0.25) is 0 Å². The molecule has 3 heteroatoms. The SMILES string of the molecule is C=Cc1c(C)cccc1COc1cccc(OCc2cnc3ccccc3c2)c1. The predicted octanol–water partition coefficient (Wildman–Crippen LogP) is 6.34. The normalized spacial score (nSPS) is 10.7. The fraction of sp³-hybridized carbons (Fsp3) is 0.115. The first kappa shape index (κ1) is 18.8. The fourth-order valence-corrected chi connectivity index (χ4v) is 3.34. The van der Waals surface area contributed by atoms with Crippen molar-refractivity contribution in [1.82, 2.24) is 4.98 Å². The average Bonchev–Trinajstić information content (AvgIpc) is 2.76. The van der Waals surface area contributed by atoms with Crippen LogP contribution in [-0.4, -0.2) is 4.98 Å². The molecule has 0 amide bonds. The summed E-state index contributed by atoms with van der Waals surface area (Å²) in [5.74, 6) is 1.54. The zero-order valence-corrected chi connectivity index (χ0v) is 16.5. The number of rotatable bonds is 7. The van der Waals surface area contributed by atoms with Gasteiger partial charge in [0.15, 0.2) is 0 Å². The van der Waals surface area contributed by atoms with Crippen LogP contribution in [0.3, 0.4) is 0 Å². The maximum Gasteiger partial charge on any atom is 0.123 e. The molecule has 1 heterocycles. The lowest BCUT2D eigenvalue weighted by molar-refractivity contribution is 0.289. The van der Waals surface area contributed by atoms with Crippen LogP contribution in [0.15, 0.2) is 85.6 Å². The highest BCUT2D eigenvalue weighted by Gasteiger charge is 2.05. The monoisotopic (exact) mass is 381 g/mol. The number of aromatic nitrogens is 1. The number of nitrogens with zero attached hydrogens (tertiary/aromatic N) is 1. The molecule has 3 nitrogen and oxygen atoms in total. The zero-order valence-electron chi connectivity index (χ0n) is 16.5. The minimum absolute atomic E-state index is 0.458. The van der Waals surface area contributed by atoms with Gasteiger partial charge in [-0.3, -0.25) is 4.98 Å². The summed E-state index contributed by atoms with van der Waals surface area (Å²) in [7, 11) is 0. The smallest absolute Gasteiger partial charge is 0.123 e. The first-order valence-corrected chi connectivity index (χ1v) is 9.63. The molecule has 0 aliphatic heterocycles. The van der Waals surface area contributed by atoms with E-state index in [0.29, 0.717) is 13.2 Å². The molecule has 29 heavy (non-hydrogen) atoms. The quantitative estimate of drug-likeness (QED) is 0.374. The molecule has 1 aromatic heterocycles. The molecule has 0 N–H and O–H groups in total. The first-order chi connectivity index (χ1) is 14.2. The Hall–Kier alpha value is -3.59. The Labute approximate surface area is 171 Å². The Morgan fingerprint density at radius 1 is 0.862 bits per heavy atom. The van der Waals surface area contributed by atoms with Gasteiger partial charge in [-0.2, -0.15) is 0 Å². The van der Waals surface area contributed by atoms with Crippen molar-refractivity contribution in [3.63, 3.8) is 0 Å². The van der Waals surface area contributed by atoms with Crippen molar-refractivity contribution < 1.29 is 9.47 Å². The van der Waals surface area contributed by atoms with Crippen molar-refractivity contribution in [3.8, 4) is 11.5 Å². The highest BCUT2D eigenvalue weighted by Crippen LogP contribution is 2.23. The van der Waals surface area contributed by atoms with Crippen LogP contribution in [0.5, 0.6) is 11.5 Å². The topological polar surface area (TPSA) is 31.4 Å². The summed E-state index contributed by atoms with van der Waals surface area (Å²) < 4.78 is 12.0. The van der Waals surface area contributed by atoms with E-state index in [0.717, 1.165) is 39.1 Å². The van der Waals surface area contributed by atoms with Crippen LogP contribution in [0, 0.1) is 6.92 Å². The Bertz CT molecular complexity index is 1150. The molecule has 144 valence electrons. The van der Waals surface area contributed by atoms with E-state index in [9.17, 15) is 0 Å². The minimum Gasteiger partial charge on any atom is -0.489 e. The zero-order chi connectivity index (χ0) is 20.1. The van der Waals surface area contributed by atoms with Crippen molar-refractivity contribution in [2.45, 2.75) is 20.1 Å². The summed E-state index contributed by atoms with van der Waals surface area (Å²) >= 11 is 0. The lowest BCUT2D eigenvalue weighted by Crippen LogP contribution is -2.00. The Morgan fingerprint density at radius 2 is 1.62 bits per heavy atom. The van der Waals surface area contributed by atoms with E-state index in [1.807, 2.05) is 60.8 Å². The molecular formula is C26H23NO2. The van der Waals surface area contributed by atoms with E-state index in [-0.39, 0.29) is 0 Å². The van der Waals surface area contributed by atoms with Gasteiger partial charge in [0.2, 0.25) is 0 Å². The Kier molecular flexibility index (Phi) is 5.57. The van der Waals surface area contributed by atoms with Gasteiger partial charge in [0.1, 0.15) is 24.7 Å². The number of pyridine rings is 1. The number of hydrogen-bond donors (Lipinski definition) is 0. The maximum absolute atomic E-state index is 6.00. The molecule has 4 aromatic rings. The second-order valence-corrected chi connectivity index (χ2v) is 6.94. The second-order valence-electron chi connectivity index (χ2n) is 6.94. The summed E-state index contributed by atoms with van der Waals surface area (Å²) in [6, 6.07) is 24.1. The largest absolute Gasteiger partial charge is 0.489 e. The molecule has 0 saturated heterocycles. The molecule has 0 spiro atoms. The van der Waals surface area contributed by atoms with Crippen molar-refractivity contribution in [2.75, 3.05) is 0 Å². The molecule has 4 rings (SSSR count). The average molecular weight is 381 g/mol. The summed E-state index contributed by atoms with van der Waals surface area (Å²) in [5, 5.41) is 1.11. The summed E-state index contributed by atoms with van der Waals surface area (Å²) in [6.07, 6.45) is 3.74. The number of para-hydroxylation sites is 1. The highest BCUT2D eigenvalue weighted by atomic mass is 16.5. The number of benzene rings is 3. The third kappa shape index (κ3) is 4.46. The first-order valence-electron chi connectivity index (χ1n) is 9.63. The van der Waals surface area contributed by atoms with Gasteiger partial charge >= 0.3 is 0 Å². The van der Waals surface area contributed by atoms with Crippen molar-refractivity contribution in [3.05, 3.63) is 108 Å². The van der Waals surface area contributed by atoms with Gasteiger partial charge in [0.25, 0.3) is 0 Å². The van der Waals surface area contributed by atoms with Crippen molar-refractivity contribution in [1.29, 1.82) is 0 Å². The standard InChI is InChI=1S/C26H23NO2/c1-3-25-19(2)8-6-10-22(25)18-29-24-12-7-11-23(15-24)28-17-20-14-21-9-4-5-13-26(21)27-16-20/h3-16H,1,17-18H2,2H3. The van der Waals surface area contributed by atoms with Gasteiger partial charge in [-0.05, 0) is 47.9 Å². The van der Waals surface area contributed by atoms with Crippen LogP contribution in [-0.2, 0) is 13.2 Å². The van der Waals surface area contributed by atoms with Gasteiger partial charge < -0.3 is 9.47 Å². The summed E-state index contributed by atoms with van der Waals surface area (Å²) in [5.41, 5.74) is 5.46. The van der Waals surface area contributed by atoms with E-state index >= 15 is 0 Å². The van der Waals surface area contributed by atoms with E-state index < -0.39 is 0 Å². The van der Waals surface area contributed by atoms with E-state index in [1.54, 1.807) is 0 Å². The van der Waals surface area contributed by atoms with Crippen LogP contribution in [0.4, 0.5) is 0 Å². The van der Waals surface area contributed by atoms with Crippen LogP contribution in [0.25, 0.3) is 17.0 Å². The third-order valence-electron chi connectivity index (χ3n) is 4.87. The van der Waals surface area contributed by atoms with Gasteiger partial charge in [-0.15, -0.1) is 0 Å². The number of ether oxygens (including phenoxy) is 2. The fourth-order valence-electron chi connectivity index (χ4n) is 3.34. The number of aryl methyl sites for hydroxylation is 1. The molecule has 0 saturated carbocycles. The van der Waals surface area contributed by atoms with Gasteiger partial charge in [0.05, 0.1) is 5.52 Å². The van der Waals surface area contributed by atoms with Crippen molar-refractivity contribution >= 4 is 17.0 Å². The van der Waals surface area contributed by atoms with Crippen molar-refractivity contribution in [2.24, 2.45) is 0 Å². The van der Waals surface area contributed by atoms with Gasteiger partial charge in [-0.1, -0.05) is 55.1 Å². The summed E-state index contributed by atoms with van der Waals surface area (Å²) in [4.78, 5) is 4.48. The Balaban J connectivity index is 1.42. The predicted molar refractivity (Wildman–Crippen MR) is 118 cm³/mol. The molecule has 0 fully saturated rings. The minimum atomic E-state index is 0.458. The molecule has 3 aromatic carbocycles. The van der Waals surface area contributed by atoms with Gasteiger partial charge in [-0.25, -0.2) is 0 Å². The number of fused-ring (bicyclic) bond motifs is 1. The molecule has 0 bridgehead atoms. The molecular weight excluding hydrogens is 358 g/mol. The van der Waals surface area contributed by atoms with E-state index in [4.69, 9.17) is 9.47 Å². The molecule has 0 aliphatic rings. The Morgan fingerprint density at radius 3 is 2.45 bits per heavy atom. The van der Waals surface area contributed by atoms with Crippen LogP contribution < -0.4 is 9.47 Å². The van der Waals surface area contributed by atoms with Crippen LogP contribution in [0.1, 0.15) is 22.3 Å². The lowest BCUT2D eigenvalue weighted by atomic mass is 10.0. The molecule has 0 atom stereocenters. The molecule has 0 unspecified atom stereocenters. The molecule has 0 aliphatic carbocycles. The highest BCUT2D eigenvalue weighted by molar-refractivity contribution is 5.78. The van der Waals surface area contributed by atoms with Gasteiger partial charge in [0, 0.05) is 23.2 Å². The summed E-state index contributed by atoms with van der Waals surface area (Å²) in [6.45, 7) is 6.94. The second kappa shape index (κ2) is 8.61. The van der Waals surface area contributed by atoms with E-state index in [2.05, 4.69) is 42.8 Å². The number of hydrogen-bond acceptors (Lipinski definition) is 3. The molecule has 0 radical (unpaired) electrons. The van der Waals surface area contributed by atoms with E-state index in [1.165, 1.54) is 5.56 Å². The lowest BCUT2D eigenvalue weighted by Gasteiger charge is -2.12.